The molecule has 0 aliphatic heterocycles. The van der Waals surface area contributed by atoms with Crippen LogP contribution >= 0.6 is 0 Å². The summed E-state index contributed by atoms with van der Waals surface area (Å²) in [6.45, 7) is 4.16. The second-order valence-electron chi connectivity index (χ2n) is 8.36. The molecule has 4 rings (SSSR count). The monoisotopic (exact) mass is 507 g/mol. The van der Waals surface area contributed by atoms with Gasteiger partial charge in [-0.25, -0.2) is 13.2 Å². The van der Waals surface area contributed by atoms with Crippen molar-refractivity contribution in [3.63, 3.8) is 0 Å². The van der Waals surface area contributed by atoms with Gasteiger partial charge in [-0.3, -0.25) is 0 Å². The van der Waals surface area contributed by atoms with Crippen molar-refractivity contribution in [2.75, 3.05) is 20.3 Å². The van der Waals surface area contributed by atoms with Gasteiger partial charge in [0.05, 0.1) is 18.6 Å². The summed E-state index contributed by atoms with van der Waals surface area (Å²) in [6, 6.07) is 21.8. The molecule has 0 radical (unpaired) electrons. The van der Waals surface area contributed by atoms with Crippen LogP contribution in [0.25, 0.3) is 11.0 Å². The second kappa shape index (κ2) is 11.0. The number of ether oxygens (including phenoxy) is 2. The first-order valence-corrected chi connectivity index (χ1v) is 13.1. The predicted octanol–water partition coefficient (Wildman–Crippen LogP) is 5.36. The summed E-state index contributed by atoms with van der Waals surface area (Å²) in [6.07, 6.45) is 0.566. The Balaban J connectivity index is 1.69. The fraction of sp³-hybridized carbons (Fsp3) is 0.250. The SMILES string of the molecule is CCOC(=O)c1oc2ccc(S(=O)(=O)N(CCc3ccccc3)Cc3ccc(OC)cc3)cc2c1C. The number of furan rings is 1. The van der Waals surface area contributed by atoms with Crippen LogP contribution in [0.4, 0.5) is 0 Å². The highest BCUT2D eigenvalue weighted by atomic mass is 32.2. The summed E-state index contributed by atoms with van der Waals surface area (Å²) in [7, 11) is -2.28. The van der Waals surface area contributed by atoms with Crippen LogP contribution in [0, 0.1) is 6.92 Å². The van der Waals surface area contributed by atoms with Gasteiger partial charge < -0.3 is 13.9 Å². The Morgan fingerprint density at radius 3 is 2.36 bits per heavy atom. The summed E-state index contributed by atoms with van der Waals surface area (Å²) in [5.74, 6) is 0.218. The van der Waals surface area contributed by atoms with Crippen molar-refractivity contribution >= 4 is 27.0 Å². The molecule has 1 heterocycles. The maximum Gasteiger partial charge on any atom is 0.374 e. The number of fused-ring (bicyclic) bond motifs is 1. The summed E-state index contributed by atoms with van der Waals surface area (Å²) < 4.78 is 45.2. The average Bonchev–Trinajstić information content (AvgIpc) is 3.23. The predicted molar refractivity (Wildman–Crippen MR) is 138 cm³/mol. The molecule has 0 bridgehead atoms. The fourth-order valence-corrected chi connectivity index (χ4v) is 5.47. The van der Waals surface area contributed by atoms with E-state index in [0.29, 0.717) is 35.2 Å². The number of hydrogen-bond acceptors (Lipinski definition) is 6. The maximum atomic E-state index is 13.9. The lowest BCUT2D eigenvalue weighted by atomic mass is 10.1. The van der Waals surface area contributed by atoms with Crippen molar-refractivity contribution in [2.45, 2.75) is 31.7 Å². The number of hydrogen-bond donors (Lipinski definition) is 0. The van der Waals surface area contributed by atoms with Crippen LogP contribution in [0.2, 0.25) is 0 Å². The van der Waals surface area contributed by atoms with Gasteiger partial charge in [0.15, 0.2) is 0 Å². The van der Waals surface area contributed by atoms with E-state index in [2.05, 4.69) is 0 Å². The highest BCUT2D eigenvalue weighted by Gasteiger charge is 2.27. The molecule has 0 aliphatic carbocycles. The Morgan fingerprint density at radius 2 is 1.69 bits per heavy atom. The van der Waals surface area contributed by atoms with Crippen molar-refractivity contribution in [2.24, 2.45) is 0 Å². The molecule has 1 aromatic heterocycles. The number of aryl methyl sites for hydroxylation is 1. The van der Waals surface area contributed by atoms with Crippen LogP contribution in [0.15, 0.2) is 82.1 Å². The van der Waals surface area contributed by atoms with E-state index >= 15 is 0 Å². The van der Waals surface area contributed by atoms with E-state index in [9.17, 15) is 13.2 Å². The third kappa shape index (κ3) is 5.45. The highest BCUT2D eigenvalue weighted by Crippen LogP contribution is 2.30. The van der Waals surface area contributed by atoms with Gasteiger partial charge in [0, 0.05) is 24.0 Å². The number of esters is 1. The second-order valence-corrected chi connectivity index (χ2v) is 10.3. The normalized spacial score (nSPS) is 11.7. The Hall–Kier alpha value is -3.62. The maximum absolute atomic E-state index is 13.9. The van der Waals surface area contributed by atoms with Gasteiger partial charge in [0.2, 0.25) is 15.8 Å². The number of carbonyl (C=O) groups excluding carboxylic acids is 1. The standard InChI is InChI=1S/C28H29NO6S/c1-4-34-28(30)27-20(2)25-18-24(14-15-26(25)35-27)36(31,32)29(17-16-21-8-6-5-7-9-21)19-22-10-12-23(33-3)13-11-22/h5-15,18H,4,16-17,19H2,1-3H3. The number of carbonyl (C=O) groups is 1. The zero-order chi connectivity index (χ0) is 25.7. The van der Waals surface area contributed by atoms with Gasteiger partial charge in [-0.2, -0.15) is 4.31 Å². The van der Waals surface area contributed by atoms with Crippen molar-refractivity contribution in [1.29, 1.82) is 0 Å². The third-order valence-electron chi connectivity index (χ3n) is 6.02. The van der Waals surface area contributed by atoms with Crippen LogP contribution in [-0.4, -0.2) is 39.0 Å². The molecule has 0 fully saturated rings. The minimum absolute atomic E-state index is 0.0839. The van der Waals surface area contributed by atoms with Crippen molar-refractivity contribution in [3.8, 4) is 5.75 Å². The Bertz CT molecular complexity index is 1440. The van der Waals surface area contributed by atoms with E-state index in [1.807, 2.05) is 54.6 Å². The first-order chi connectivity index (χ1) is 17.3. The third-order valence-corrected chi connectivity index (χ3v) is 7.86. The molecule has 0 aliphatic rings. The Labute approximate surface area is 211 Å². The quantitative estimate of drug-likeness (QED) is 0.269. The van der Waals surface area contributed by atoms with E-state index in [1.54, 1.807) is 33.1 Å². The molecule has 3 aromatic carbocycles. The van der Waals surface area contributed by atoms with Gasteiger partial charge in [-0.05, 0) is 61.7 Å². The summed E-state index contributed by atoms with van der Waals surface area (Å²) >= 11 is 0. The van der Waals surface area contributed by atoms with Gasteiger partial charge in [-0.1, -0.05) is 42.5 Å². The first kappa shape index (κ1) is 25.5. The van der Waals surface area contributed by atoms with E-state index in [-0.39, 0.29) is 23.8 Å². The lowest BCUT2D eigenvalue weighted by Gasteiger charge is -2.23. The topological polar surface area (TPSA) is 86.0 Å². The first-order valence-electron chi connectivity index (χ1n) is 11.7. The van der Waals surface area contributed by atoms with E-state index in [1.165, 1.54) is 10.4 Å². The molecule has 0 atom stereocenters. The molecule has 0 unspecified atom stereocenters. The molecular weight excluding hydrogens is 478 g/mol. The molecule has 0 amide bonds. The molecule has 0 N–H and O–H groups in total. The zero-order valence-corrected chi connectivity index (χ0v) is 21.4. The molecule has 8 heteroatoms. The molecule has 36 heavy (non-hydrogen) atoms. The molecule has 0 spiro atoms. The summed E-state index contributed by atoms with van der Waals surface area (Å²) in [4.78, 5) is 12.4. The Kier molecular flexibility index (Phi) is 7.76. The minimum atomic E-state index is -3.87. The summed E-state index contributed by atoms with van der Waals surface area (Å²) in [5, 5.41) is 0.562. The zero-order valence-electron chi connectivity index (χ0n) is 20.6. The number of rotatable bonds is 10. The number of benzene rings is 3. The van der Waals surface area contributed by atoms with Crippen molar-refractivity contribution in [3.05, 3.63) is 95.2 Å². The lowest BCUT2D eigenvalue weighted by molar-refractivity contribution is 0.0491. The molecular formula is C28H29NO6S. The van der Waals surface area contributed by atoms with Gasteiger partial charge in [0.25, 0.3) is 0 Å². The van der Waals surface area contributed by atoms with Crippen molar-refractivity contribution in [1.82, 2.24) is 4.31 Å². The van der Waals surface area contributed by atoms with E-state index in [0.717, 1.165) is 11.1 Å². The summed E-state index contributed by atoms with van der Waals surface area (Å²) in [5.41, 5.74) is 2.87. The minimum Gasteiger partial charge on any atom is -0.497 e. The Morgan fingerprint density at radius 1 is 0.972 bits per heavy atom. The number of methoxy groups -OCH3 is 1. The molecule has 188 valence electrons. The fourth-order valence-electron chi connectivity index (χ4n) is 4.02. The average molecular weight is 508 g/mol. The molecule has 4 aromatic rings. The largest absolute Gasteiger partial charge is 0.497 e. The smallest absolute Gasteiger partial charge is 0.374 e. The number of sulfonamides is 1. The van der Waals surface area contributed by atoms with E-state index < -0.39 is 16.0 Å². The van der Waals surface area contributed by atoms with Gasteiger partial charge in [-0.15, -0.1) is 0 Å². The molecule has 0 saturated heterocycles. The van der Waals surface area contributed by atoms with Crippen LogP contribution in [-0.2, 0) is 27.7 Å². The van der Waals surface area contributed by atoms with E-state index in [4.69, 9.17) is 13.9 Å². The lowest BCUT2D eigenvalue weighted by Crippen LogP contribution is -2.32. The molecule has 7 nitrogen and oxygen atoms in total. The van der Waals surface area contributed by atoms with Crippen LogP contribution in [0.5, 0.6) is 5.75 Å². The van der Waals surface area contributed by atoms with Gasteiger partial charge >= 0.3 is 5.97 Å². The molecule has 0 saturated carbocycles. The number of nitrogens with zero attached hydrogens (tertiary/aromatic N) is 1. The van der Waals surface area contributed by atoms with Crippen LogP contribution < -0.4 is 4.74 Å². The van der Waals surface area contributed by atoms with Gasteiger partial charge in [0.1, 0.15) is 11.3 Å². The van der Waals surface area contributed by atoms with Crippen LogP contribution in [0.3, 0.4) is 0 Å². The van der Waals surface area contributed by atoms with Crippen molar-refractivity contribution < 1.29 is 27.1 Å². The van der Waals surface area contributed by atoms with Crippen LogP contribution in [0.1, 0.15) is 34.2 Å². The highest BCUT2D eigenvalue weighted by molar-refractivity contribution is 7.89.